The predicted molar refractivity (Wildman–Crippen MR) is 98.3 cm³/mol. The van der Waals surface area contributed by atoms with E-state index in [0.717, 1.165) is 8.88 Å². The second-order valence-electron chi connectivity index (χ2n) is 5.38. The van der Waals surface area contributed by atoms with E-state index in [1.165, 1.54) is 77.5 Å². The van der Waals surface area contributed by atoms with Crippen molar-refractivity contribution in [3.8, 4) is 0 Å². The van der Waals surface area contributed by atoms with Gasteiger partial charge in [0, 0.05) is 35.1 Å². The lowest BCUT2D eigenvalue weighted by molar-refractivity contribution is 0.389. The normalized spacial score (nSPS) is 11.7. The summed E-state index contributed by atoms with van der Waals surface area (Å²) in [5.74, 6) is 0. The lowest BCUT2D eigenvalue weighted by atomic mass is 10.2. The fraction of sp³-hybridized carbons (Fsp3) is 1.00. The van der Waals surface area contributed by atoms with Crippen LogP contribution in [0.3, 0.4) is 0 Å². The smallest absolute Gasteiger partial charge is 0.0240 e. The van der Waals surface area contributed by atoms with Crippen LogP contribution in [0.4, 0.5) is 0 Å². The van der Waals surface area contributed by atoms with Gasteiger partial charge < -0.3 is 0 Å². The molecule has 0 spiro atoms. The lowest BCUT2D eigenvalue weighted by Gasteiger charge is -2.28. The van der Waals surface area contributed by atoms with Crippen molar-refractivity contribution in [2.75, 3.05) is 26.2 Å². The van der Waals surface area contributed by atoms with Crippen LogP contribution in [0, 0.1) is 0 Å². The second-order valence-corrected chi connectivity index (χ2v) is 6.85. The van der Waals surface area contributed by atoms with Gasteiger partial charge in [-0.1, -0.05) is 66.2 Å². The van der Waals surface area contributed by atoms with E-state index in [9.17, 15) is 0 Å². The van der Waals surface area contributed by atoms with Gasteiger partial charge >= 0.3 is 0 Å². The van der Waals surface area contributed by atoms with Gasteiger partial charge in [0.15, 0.2) is 0 Å². The van der Waals surface area contributed by atoms with Crippen molar-refractivity contribution in [2.24, 2.45) is 0 Å². The first-order chi connectivity index (χ1) is 9.28. The van der Waals surface area contributed by atoms with Crippen LogP contribution in [-0.4, -0.2) is 35.5 Å². The summed E-state index contributed by atoms with van der Waals surface area (Å²) in [6, 6.07) is 0. The maximum Gasteiger partial charge on any atom is 0.0240 e. The minimum Gasteiger partial charge on any atom is -0.273 e. The molecule has 0 amide bonds. The zero-order chi connectivity index (χ0) is 14.3. The molecule has 1 unspecified atom stereocenters. The van der Waals surface area contributed by atoms with Gasteiger partial charge in [-0.2, -0.15) is 0 Å². The lowest BCUT2D eigenvalue weighted by Crippen LogP contribution is -2.25. The Morgan fingerprint density at radius 1 is 0.600 bits per heavy atom. The van der Waals surface area contributed by atoms with Gasteiger partial charge in [0.2, 0.25) is 0 Å². The third kappa shape index (κ3) is 13.6. The fourth-order valence-electron chi connectivity index (χ4n) is 2.24. The molecule has 1 atom stereocenters. The third-order valence-electron chi connectivity index (χ3n) is 3.61. The van der Waals surface area contributed by atoms with Crippen molar-refractivity contribution in [3.05, 3.63) is 0 Å². The first-order valence-corrected chi connectivity index (χ1v) is 9.43. The molecule has 0 aromatic heterocycles. The summed E-state index contributed by atoms with van der Waals surface area (Å²) >= 11 is 0. The highest BCUT2D eigenvalue weighted by atomic mass is 35.5. The van der Waals surface area contributed by atoms with Gasteiger partial charge in [-0.15, -0.1) is 12.4 Å². The van der Waals surface area contributed by atoms with E-state index < -0.39 is 0 Å². The molecule has 20 heavy (non-hydrogen) atoms. The van der Waals surface area contributed by atoms with Crippen molar-refractivity contribution in [2.45, 2.75) is 79.1 Å². The van der Waals surface area contributed by atoms with E-state index in [1.807, 2.05) is 0 Å². The number of unbranched alkanes of at least 4 members (excludes halogenated alkanes) is 6. The number of hydrogen-bond acceptors (Lipinski definition) is 2. The summed E-state index contributed by atoms with van der Waals surface area (Å²) in [6.45, 7) is 14.1. The predicted octanol–water partition coefficient (Wildman–Crippen LogP) is 5.72. The van der Waals surface area contributed by atoms with Crippen LogP contribution in [0.25, 0.3) is 0 Å². The maximum absolute atomic E-state index is 2.71. The van der Waals surface area contributed by atoms with Crippen LogP contribution < -0.4 is 0 Å². The van der Waals surface area contributed by atoms with Crippen LogP contribution in [0.5, 0.6) is 0 Å². The maximum atomic E-state index is 2.71. The van der Waals surface area contributed by atoms with E-state index in [1.54, 1.807) is 0 Å². The largest absolute Gasteiger partial charge is 0.273 e. The Hall–Kier alpha value is 0.640. The van der Waals surface area contributed by atoms with Gasteiger partial charge in [0.1, 0.15) is 0 Å². The van der Waals surface area contributed by atoms with Gasteiger partial charge in [-0.25, -0.2) is 0 Å². The summed E-state index contributed by atoms with van der Waals surface area (Å²) in [5.41, 5.74) is 0. The molecule has 0 aromatic rings. The highest BCUT2D eigenvalue weighted by Gasteiger charge is 2.08. The molecule has 0 bridgehead atoms. The van der Waals surface area contributed by atoms with Gasteiger partial charge in [0.05, 0.1) is 0 Å². The van der Waals surface area contributed by atoms with E-state index in [0.29, 0.717) is 0 Å². The molecule has 0 aliphatic rings. The summed E-state index contributed by atoms with van der Waals surface area (Å²) in [7, 11) is 0.905. The first kappa shape index (κ1) is 22.9. The molecule has 0 heterocycles. The summed E-state index contributed by atoms with van der Waals surface area (Å²) < 4.78 is 5.28. The van der Waals surface area contributed by atoms with Gasteiger partial charge in [0.25, 0.3) is 0 Å². The van der Waals surface area contributed by atoms with Crippen molar-refractivity contribution >= 4 is 21.3 Å². The molecule has 0 aliphatic heterocycles. The average molecular weight is 325 g/mol. The highest BCUT2D eigenvalue weighted by Crippen LogP contribution is 2.24. The Morgan fingerprint density at radius 3 is 1.40 bits per heavy atom. The highest BCUT2D eigenvalue weighted by molar-refractivity contribution is 7.32. The Balaban J connectivity index is 0. The molecule has 0 rings (SSSR count). The van der Waals surface area contributed by atoms with Gasteiger partial charge in [-0.3, -0.25) is 9.34 Å². The zero-order valence-corrected chi connectivity index (χ0v) is 16.1. The molecular formula is C16H38ClN2P. The molecule has 0 saturated heterocycles. The third-order valence-corrected chi connectivity index (χ3v) is 5.25. The van der Waals surface area contributed by atoms with Crippen molar-refractivity contribution < 1.29 is 0 Å². The Labute approximate surface area is 136 Å². The minimum absolute atomic E-state index is 0. The number of nitrogens with zero attached hydrogens (tertiary/aromatic N) is 2. The molecule has 0 aliphatic carbocycles. The van der Waals surface area contributed by atoms with Crippen molar-refractivity contribution in [3.63, 3.8) is 0 Å². The van der Waals surface area contributed by atoms with E-state index in [4.69, 9.17) is 0 Å². The van der Waals surface area contributed by atoms with Crippen LogP contribution in [0.2, 0.25) is 0 Å². The Kier molecular flexibility index (Phi) is 20.3. The molecule has 2 nitrogen and oxygen atoms in total. The molecular weight excluding hydrogens is 287 g/mol. The SMILES string of the molecule is CCCCCCN(CCCCCC)PN(CC)CC.Cl. The average Bonchev–Trinajstić information content (AvgIpc) is 2.44. The molecule has 0 N–H and O–H groups in total. The van der Waals surface area contributed by atoms with Crippen LogP contribution >= 0.6 is 21.3 Å². The zero-order valence-electron chi connectivity index (χ0n) is 14.3. The fourth-order valence-corrected chi connectivity index (χ4v) is 3.43. The second kappa shape index (κ2) is 17.7. The van der Waals surface area contributed by atoms with Crippen molar-refractivity contribution in [1.29, 1.82) is 0 Å². The molecule has 0 fully saturated rings. The number of halogens is 1. The van der Waals surface area contributed by atoms with Crippen LogP contribution in [0.1, 0.15) is 79.1 Å². The topological polar surface area (TPSA) is 6.48 Å². The van der Waals surface area contributed by atoms with Gasteiger partial charge in [-0.05, 0) is 12.8 Å². The van der Waals surface area contributed by atoms with E-state index >= 15 is 0 Å². The Bertz CT molecular complexity index is 166. The quantitative estimate of drug-likeness (QED) is 0.298. The van der Waals surface area contributed by atoms with Crippen LogP contribution in [-0.2, 0) is 0 Å². The molecule has 124 valence electrons. The molecule has 0 saturated carbocycles. The standard InChI is InChI=1S/C16H37N2P.ClH/c1-5-9-11-13-15-18(16-14-12-10-6-2)19-17(7-3)8-4;/h19H,5-16H2,1-4H3;1H. The number of rotatable bonds is 14. The van der Waals surface area contributed by atoms with Crippen molar-refractivity contribution in [1.82, 2.24) is 9.34 Å². The Morgan fingerprint density at radius 2 is 1.05 bits per heavy atom. The summed E-state index contributed by atoms with van der Waals surface area (Å²) in [5, 5.41) is 0. The number of hydrogen-bond donors (Lipinski definition) is 0. The molecule has 0 aromatic carbocycles. The van der Waals surface area contributed by atoms with E-state index in [2.05, 4.69) is 37.0 Å². The first-order valence-electron chi connectivity index (χ1n) is 8.54. The van der Waals surface area contributed by atoms with E-state index in [-0.39, 0.29) is 12.4 Å². The molecule has 4 heteroatoms. The molecule has 0 radical (unpaired) electrons. The summed E-state index contributed by atoms with van der Waals surface area (Å²) in [6.07, 6.45) is 11.1. The monoisotopic (exact) mass is 324 g/mol. The summed E-state index contributed by atoms with van der Waals surface area (Å²) in [4.78, 5) is 0. The minimum atomic E-state index is 0. The van der Waals surface area contributed by atoms with Crippen LogP contribution in [0.15, 0.2) is 0 Å².